The number of hydrogen-bond donors (Lipinski definition) is 1. The molecule has 1 unspecified atom stereocenters. The topological polar surface area (TPSA) is 52.9 Å². The third-order valence-electron chi connectivity index (χ3n) is 6.16. The first-order chi connectivity index (χ1) is 14.4. The molecule has 2 aromatic carbocycles. The van der Waals surface area contributed by atoms with E-state index in [-0.39, 0.29) is 27.6 Å². The van der Waals surface area contributed by atoms with E-state index in [1.54, 1.807) is 12.1 Å². The van der Waals surface area contributed by atoms with Crippen LogP contribution in [-0.2, 0) is 4.79 Å². The van der Waals surface area contributed by atoms with E-state index < -0.39 is 0 Å². The fourth-order valence-electron chi connectivity index (χ4n) is 4.20. The Morgan fingerprint density at radius 3 is 2.47 bits per heavy atom. The zero-order valence-corrected chi connectivity index (χ0v) is 18.8. The number of aliphatic imine (C=N–C) groups is 1. The maximum Gasteiger partial charge on any atom is 0.258 e. The molecule has 2 aliphatic rings. The Hall–Kier alpha value is -2.40. The Labute approximate surface area is 181 Å². The van der Waals surface area contributed by atoms with E-state index in [4.69, 9.17) is 0 Å². The highest BCUT2D eigenvalue weighted by Crippen LogP contribution is 2.40. The van der Waals surface area contributed by atoms with Crippen LogP contribution in [0, 0.1) is 5.41 Å². The standard InChI is InChI=1S/C25H30N2O2S/c1-4-25(2,3)23(30-17-22(29)26-24(30)27-14-5-6-15-27)20-9-7-8-19(16-20)18-10-12-21(28)13-11-18/h7-13,16,28H,4-6,14-15,17H2,1-3H3. The third-order valence-corrected chi connectivity index (χ3v) is 8.76. The van der Waals surface area contributed by atoms with E-state index in [1.807, 2.05) is 12.1 Å². The molecule has 4 nitrogen and oxygen atoms in total. The normalized spacial score (nSPS) is 19.9. The predicted octanol–water partition coefficient (Wildman–Crippen LogP) is 5.28. The molecule has 1 fully saturated rings. The summed E-state index contributed by atoms with van der Waals surface area (Å²) in [5.41, 5.74) is 3.34. The van der Waals surface area contributed by atoms with Crippen LogP contribution in [0.15, 0.2) is 53.5 Å². The van der Waals surface area contributed by atoms with Gasteiger partial charge in [0.15, 0.2) is 5.17 Å². The van der Waals surface area contributed by atoms with Gasteiger partial charge in [0, 0.05) is 13.1 Å². The van der Waals surface area contributed by atoms with E-state index in [2.05, 4.69) is 54.9 Å². The molecule has 1 N–H and O–H groups in total. The predicted molar refractivity (Wildman–Crippen MR) is 127 cm³/mol. The number of amides is 1. The molecule has 1 amide bonds. The summed E-state index contributed by atoms with van der Waals surface area (Å²) in [6.07, 6.45) is 3.34. The van der Waals surface area contributed by atoms with E-state index in [0.29, 0.717) is 5.75 Å². The Balaban J connectivity index is 1.86. The van der Waals surface area contributed by atoms with Crippen molar-refractivity contribution in [3.05, 3.63) is 54.1 Å². The summed E-state index contributed by atoms with van der Waals surface area (Å²) in [6.45, 7) is 8.80. The molecule has 0 aliphatic carbocycles. The molecule has 2 aromatic rings. The van der Waals surface area contributed by atoms with E-state index >= 15 is 0 Å². The van der Waals surface area contributed by atoms with Crippen molar-refractivity contribution in [1.29, 1.82) is 0 Å². The Morgan fingerprint density at radius 2 is 1.80 bits per heavy atom. The summed E-state index contributed by atoms with van der Waals surface area (Å²) >= 11 is 0. The van der Waals surface area contributed by atoms with Gasteiger partial charge in [-0.25, -0.2) is 0 Å². The molecule has 0 spiro atoms. The lowest BCUT2D eigenvalue weighted by molar-refractivity contribution is -0.115. The molecule has 0 radical (unpaired) electrons. The molecule has 30 heavy (non-hydrogen) atoms. The molecule has 4 rings (SSSR count). The minimum absolute atomic E-state index is 0.0133. The van der Waals surface area contributed by atoms with Gasteiger partial charge >= 0.3 is 0 Å². The van der Waals surface area contributed by atoms with Gasteiger partial charge in [0.25, 0.3) is 5.91 Å². The summed E-state index contributed by atoms with van der Waals surface area (Å²) in [5.74, 6) is 0.777. The van der Waals surface area contributed by atoms with Gasteiger partial charge < -0.3 is 10.0 Å². The molecule has 158 valence electrons. The molecule has 1 atom stereocenters. The maximum absolute atomic E-state index is 12.4. The minimum atomic E-state index is -0.308. The van der Waals surface area contributed by atoms with Gasteiger partial charge in [-0.05, 0) is 64.4 Å². The summed E-state index contributed by atoms with van der Waals surface area (Å²) in [7, 11) is -0.308. The number of amidine groups is 1. The number of rotatable bonds is 4. The van der Waals surface area contributed by atoms with Gasteiger partial charge in [-0.3, -0.25) is 4.79 Å². The third kappa shape index (κ3) is 4.08. The van der Waals surface area contributed by atoms with Gasteiger partial charge in [0.2, 0.25) is 0 Å². The first kappa shape index (κ1) is 20.9. The second-order valence-electron chi connectivity index (χ2n) is 8.71. The van der Waals surface area contributed by atoms with Crippen LogP contribution in [0.2, 0.25) is 0 Å². The second-order valence-corrected chi connectivity index (χ2v) is 10.6. The lowest BCUT2D eigenvalue weighted by atomic mass is 9.82. The monoisotopic (exact) mass is 422 g/mol. The van der Waals surface area contributed by atoms with Gasteiger partial charge in [0.05, 0.1) is 5.75 Å². The van der Waals surface area contributed by atoms with Crippen molar-refractivity contribution in [2.75, 3.05) is 18.8 Å². The summed E-state index contributed by atoms with van der Waals surface area (Å²) in [5, 5.41) is 10.6. The van der Waals surface area contributed by atoms with Crippen LogP contribution in [-0.4, -0.2) is 44.8 Å². The van der Waals surface area contributed by atoms with Crippen molar-refractivity contribution in [2.45, 2.75) is 40.0 Å². The molecular weight excluding hydrogens is 392 g/mol. The fourth-order valence-corrected chi connectivity index (χ4v) is 6.90. The average Bonchev–Trinajstić information content (AvgIpc) is 3.38. The fraction of sp³-hybridized carbons (Fsp3) is 0.400. The molecule has 2 heterocycles. The number of phenols is 1. The molecule has 2 aliphatic heterocycles. The van der Waals surface area contributed by atoms with Crippen LogP contribution in [0.1, 0.15) is 45.6 Å². The number of likely N-dealkylation sites (tertiary alicyclic amines) is 1. The van der Waals surface area contributed by atoms with Crippen LogP contribution in [0.25, 0.3) is 11.1 Å². The smallest absolute Gasteiger partial charge is 0.258 e. The van der Waals surface area contributed by atoms with Crippen LogP contribution in [0.3, 0.4) is 0 Å². The number of phenolic OH excluding ortho intramolecular Hbond substituents is 1. The highest BCUT2D eigenvalue weighted by Gasteiger charge is 2.34. The van der Waals surface area contributed by atoms with Gasteiger partial charge in [-0.15, -0.1) is 10.5 Å². The Bertz CT molecular complexity index is 1020. The average molecular weight is 423 g/mol. The highest BCUT2D eigenvalue weighted by molar-refractivity contribution is 8.29. The number of carbonyl (C=O) groups is 1. The van der Waals surface area contributed by atoms with Gasteiger partial charge in [-0.2, -0.15) is 4.99 Å². The molecular formula is C25H30N2O2S. The van der Waals surface area contributed by atoms with E-state index in [0.717, 1.165) is 35.8 Å². The molecule has 0 aromatic heterocycles. The largest absolute Gasteiger partial charge is 0.508 e. The molecule has 0 saturated carbocycles. The van der Waals surface area contributed by atoms with Gasteiger partial charge in [0.1, 0.15) is 5.75 Å². The minimum Gasteiger partial charge on any atom is -0.508 e. The zero-order valence-electron chi connectivity index (χ0n) is 18.0. The first-order valence-electron chi connectivity index (χ1n) is 10.7. The summed E-state index contributed by atoms with van der Waals surface area (Å²) in [6, 6.07) is 15.9. The second kappa shape index (κ2) is 8.38. The lowest BCUT2D eigenvalue weighted by Crippen LogP contribution is -2.31. The van der Waals surface area contributed by atoms with Gasteiger partial charge in [-0.1, -0.05) is 51.1 Å². The van der Waals surface area contributed by atoms with Crippen molar-refractivity contribution in [2.24, 2.45) is 10.4 Å². The van der Waals surface area contributed by atoms with Crippen LogP contribution in [0.4, 0.5) is 0 Å². The number of aromatic hydroxyl groups is 1. The first-order valence-corrected chi connectivity index (χ1v) is 12.1. The van der Waals surface area contributed by atoms with Crippen molar-refractivity contribution in [3.63, 3.8) is 0 Å². The summed E-state index contributed by atoms with van der Waals surface area (Å²) in [4.78, 5) is 20.6. The number of nitrogens with zero attached hydrogens (tertiary/aromatic N) is 2. The van der Waals surface area contributed by atoms with Crippen molar-refractivity contribution < 1.29 is 9.90 Å². The van der Waals surface area contributed by atoms with Crippen molar-refractivity contribution in [1.82, 2.24) is 4.90 Å². The van der Waals surface area contributed by atoms with Crippen LogP contribution < -0.4 is 0 Å². The zero-order chi connectivity index (χ0) is 21.3. The number of benzene rings is 2. The van der Waals surface area contributed by atoms with Crippen molar-refractivity contribution in [3.8, 4) is 16.9 Å². The Morgan fingerprint density at radius 1 is 1.10 bits per heavy atom. The number of hydrogen-bond acceptors (Lipinski definition) is 3. The molecule has 5 heteroatoms. The molecule has 1 saturated heterocycles. The Kier molecular flexibility index (Phi) is 5.83. The SMILES string of the molecule is CCC(C)(C)C(c1cccc(-c2ccc(O)cc2)c1)=S1CC(=O)N=C1N1CCCC1. The number of carbonyl (C=O) groups excluding carboxylic acids is 1. The molecule has 0 bridgehead atoms. The maximum atomic E-state index is 12.4. The summed E-state index contributed by atoms with van der Waals surface area (Å²) < 4.78 is 0. The highest BCUT2D eigenvalue weighted by atomic mass is 32.2. The van der Waals surface area contributed by atoms with Crippen LogP contribution >= 0.6 is 10.5 Å². The van der Waals surface area contributed by atoms with Crippen LogP contribution in [0.5, 0.6) is 5.75 Å². The van der Waals surface area contributed by atoms with Crippen molar-refractivity contribution >= 4 is 26.4 Å². The quantitative estimate of drug-likeness (QED) is 0.539. The lowest BCUT2D eigenvalue weighted by Gasteiger charge is -2.31. The van der Waals surface area contributed by atoms with E-state index in [9.17, 15) is 9.90 Å². The van der Waals surface area contributed by atoms with E-state index in [1.165, 1.54) is 23.3 Å².